The van der Waals surface area contributed by atoms with Gasteiger partial charge in [-0.25, -0.2) is 0 Å². The average Bonchev–Trinajstić information content (AvgIpc) is 2.71. The minimum Gasteiger partial charge on any atom is -0.496 e. The van der Waals surface area contributed by atoms with Crippen molar-refractivity contribution in [3.63, 3.8) is 0 Å². The van der Waals surface area contributed by atoms with Crippen LogP contribution in [0.5, 0.6) is 5.75 Å². The van der Waals surface area contributed by atoms with Crippen LogP contribution in [0.3, 0.4) is 0 Å². The maximum atomic E-state index is 10.7. The predicted octanol–water partition coefficient (Wildman–Crippen LogP) is 2.44. The number of aliphatic hydroxyl groups is 1. The Morgan fingerprint density at radius 2 is 1.96 bits per heavy atom. The van der Waals surface area contributed by atoms with Crippen molar-refractivity contribution in [2.45, 2.75) is 25.4 Å². The van der Waals surface area contributed by atoms with Gasteiger partial charge in [0.2, 0.25) is 0 Å². The van der Waals surface area contributed by atoms with E-state index in [1.807, 2.05) is 36.4 Å². The number of anilines is 1. The molecule has 0 bridgehead atoms. The van der Waals surface area contributed by atoms with Crippen LogP contribution in [0.15, 0.2) is 36.4 Å². The fourth-order valence-corrected chi connectivity index (χ4v) is 4.62. The van der Waals surface area contributed by atoms with Crippen LogP contribution in [0.1, 0.15) is 19.3 Å². The highest BCUT2D eigenvalue weighted by atomic mass is 16.5. The molecule has 0 saturated carbocycles. The number of rotatable bonds is 3. The van der Waals surface area contributed by atoms with E-state index in [9.17, 15) is 5.11 Å². The molecule has 2 aliphatic heterocycles. The highest BCUT2D eigenvalue weighted by molar-refractivity contribution is 5.67. The molecule has 2 saturated heterocycles. The Kier molecular flexibility index (Phi) is 5.02. The summed E-state index contributed by atoms with van der Waals surface area (Å²) in [6.07, 6.45) is 2.75. The van der Waals surface area contributed by atoms with E-state index >= 15 is 0 Å². The number of aliphatic hydroxyl groups excluding tert-OH is 1. The van der Waals surface area contributed by atoms with Crippen LogP contribution >= 0.6 is 0 Å². The van der Waals surface area contributed by atoms with Gasteiger partial charge in [-0.1, -0.05) is 12.1 Å². The number of hydrogen-bond acceptors (Lipinski definition) is 6. The molecule has 27 heavy (non-hydrogen) atoms. The van der Waals surface area contributed by atoms with Crippen LogP contribution in [0.25, 0.3) is 11.3 Å². The molecule has 4 rings (SSSR count). The van der Waals surface area contributed by atoms with Crippen LogP contribution in [0, 0.1) is 5.41 Å². The molecular weight excluding hydrogens is 340 g/mol. The van der Waals surface area contributed by atoms with E-state index in [0.717, 1.165) is 68.3 Å². The zero-order chi connectivity index (χ0) is 18.9. The summed E-state index contributed by atoms with van der Waals surface area (Å²) in [7, 11) is 3.81. The van der Waals surface area contributed by atoms with Gasteiger partial charge in [0, 0.05) is 37.2 Å². The first-order chi connectivity index (χ1) is 13.1. The Morgan fingerprint density at radius 3 is 2.74 bits per heavy atom. The standard InChI is InChI=1S/C21H28N4O2/c1-24-13-10-19(26)21(14-24)11-5-12-25(15-21)20-9-8-17(22-23-20)16-6-3-4-7-18(16)27-2/h3-4,6-9,19,26H,5,10-15H2,1-2H3/t19-,21-/m0/s1. The zero-order valence-corrected chi connectivity index (χ0v) is 16.1. The normalized spacial score (nSPS) is 26.3. The third-order valence-electron chi connectivity index (χ3n) is 6.04. The highest BCUT2D eigenvalue weighted by Crippen LogP contribution is 2.39. The Morgan fingerprint density at radius 1 is 1.11 bits per heavy atom. The van der Waals surface area contributed by atoms with Crippen molar-refractivity contribution in [3.05, 3.63) is 36.4 Å². The summed E-state index contributed by atoms with van der Waals surface area (Å²) >= 11 is 0. The summed E-state index contributed by atoms with van der Waals surface area (Å²) in [4.78, 5) is 4.62. The van der Waals surface area contributed by atoms with Gasteiger partial charge < -0.3 is 19.6 Å². The molecule has 6 nitrogen and oxygen atoms in total. The van der Waals surface area contributed by atoms with Crippen molar-refractivity contribution in [3.8, 4) is 17.0 Å². The maximum absolute atomic E-state index is 10.7. The number of likely N-dealkylation sites (tertiary alicyclic amines) is 1. The van der Waals surface area contributed by atoms with Crippen molar-refractivity contribution in [2.75, 3.05) is 45.2 Å². The Balaban J connectivity index is 1.55. The molecule has 0 amide bonds. The van der Waals surface area contributed by atoms with Crippen molar-refractivity contribution in [2.24, 2.45) is 5.41 Å². The molecule has 0 aliphatic carbocycles. The summed E-state index contributed by atoms with van der Waals surface area (Å²) in [5, 5.41) is 19.7. The molecule has 2 fully saturated rings. The Hall–Kier alpha value is -2.18. The molecule has 1 spiro atoms. The van der Waals surface area contributed by atoms with Crippen molar-refractivity contribution in [1.29, 1.82) is 0 Å². The molecule has 1 N–H and O–H groups in total. The zero-order valence-electron chi connectivity index (χ0n) is 16.1. The van der Waals surface area contributed by atoms with Crippen LogP contribution < -0.4 is 9.64 Å². The van der Waals surface area contributed by atoms with Crippen molar-refractivity contribution in [1.82, 2.24) is 15.1 Å². The second-order valence-corrected chi connectivity index (χ2v) is 7.91. The predicted molar refractivity (Wildman–Crippen MR) is 106 cm³/mol. The van der Waals surface area contributed by atoms with Crippen LogP contribution in [0.4, 0.5) is 5.82 Å². The van der Waals surface area contributed by atoms with Crippen molar-refractivity contribution >= 4 is 5.82 Å². The molecule has 3 heterocycles. The van der Waals surface area contributed by atoms with Gasteiger partial charge >= 0.3 is 0 Å². The Bertz CT molecular complexity index is 782. The third-order valence-corrected chi connectivity index (χ3v) is 6.04. The lowest BCUT2D eigenvalue weighted by Crippen LogP contribution is -2.58. The van der Waals surface area contributed by atoms with Gasteiger partial charge in [0.15, 0.2) is 5.82 Å². The molecule has 2 aliphatic rings. The van der Waals surface area contributed by atoms with E-state index in [1.165, 1.54) is 0 Å². The first kappa shape index (κ1) is 18.2. The minimum absolute atomic E-state index is 0.0613. The van der Waals surface area contributed by atoms with E-state index in [4.69, 9.17) is 4.74 Å². The molecular formula is C21H28N4O2. The molecule has 6 heteroatoms. The Labute approximate surface area is 160 Å². The largest absolute Gasteiger partial charge is 0.496 e. The number of ether oxygens (including phenoxy) is 1. The minimum atomic E-state index is -0.239. The molecule has 1 aromatic heterocycles. The molecule has 144 valence electrons. The second-order valence-electron chi connectivity index (χ2n) is 7.91. The number of hydrogen-bond donors (Lipinski definition) is 1. The molecule has 0 unspecified atom stereocenters. The fourth-order valence-electron chi connectivity index (χ4n) is 4.62. The first-order valence-corrected chi connectivity index (χ1v) is 9.70. The maximum Gasteiger partial charge on any atom is 0.151 e. The van der Waals surface area contributed by atoms with Crippen LogP contribution in [0.2, 0.25) is 0 Å². The number of piperidine rings is 2. The topological polar surface area (TPSA) is 61.7 Å². The summed E-state index contributed by atoms with van der Waals surface area (Å²) < 4.78 is 5.43. The summed E-state index contributed by atoms with van der Waals surface area (Å²) in [6, 6.07) is 11.9. The van der Waals surface area contributed by atoms with Gasteiger partial charge in [0.1, 0.15) is 5.75 Å². The number of methoxy groups -OCH3 is 1. The van der Waals surface area contributed by atoms with Gasteiger partial charge in [-0.3, -0.25) is 0 Å². The quantitative estimate of drug-likeness (QED) is 0.898. The molecule has 0 radical (unpaired) electrons. The van der Waals surface area contributed by atoms with Crippen LogP contribution in [-0.2, 0) is 0 Å². The molecule has 2 aromatic rings. The number of para-hydroxylation sites is 1. The number of nitrogens with zero attached hydrogens (tertiary/aromatic N) is 4. The fraction of sp³-hybridized carbons (Fsp3) is 0.524. The monoisotopic (exact) mass is 368 g/mol. The number of aromatic nitrogens is 2. The van der Waals surface area contributed by atoms with Gasteiger partial charge in [0.05, 0.1) is 18.9 Å². The highest BCUT2D eigenvalue weighted by Gasteiger charge is 2.45. The van der Waals surface area contributed by atoms with Gasteiger partial charge in [-0.15, -0.1) is 10.2 Å². The average molecular weight is 368 g/mol. The second kappa shape index (κ2) is 7.44. The lowest BCUT2D eigenvalue weighted by atomic mass is 9.71. The molecule has 2 atom stereocenters. The smallest absolute Gasteiger partial charge is 0.151 e. The van der Waals surface area contributed by atoms with Crippen LogP contribution in [-0.4, -0.2) is 66.6 Å². The van der Waals surface area contributed by atoms with Gasteiger partial charge in [0.25, 0.3) is 0 Å². The van der Waals surface area contributed by atoms with E-state index in [-0.39, 0.29) is 11.5 Å². The van der Waals surface area contributed by atoms with E-state index in [1.54, 1.807) is 7.11 Å². The summed E-state index contributed by atoms with van der Waals surface area (Å²) in [6.45, 7) is 3.70. The van der Waals surface area contributed by atoms with Gasteiger partial charge in [-0.2, -0.15) is 0 Å². The molecule has 1 aromatic carbocycles. The number of benzene rings is 1. The summed E-state index contributed by atoms with van der Waals surface area (Å²) in [5.74, 6) is 1.68. The van der Waals surface area contributed by atoms with E-state index < -0.39 is 0 Å². The van der Waals surface area contributed by atoms with E-state index in [0.29, 0.717) is 0 Å². The van der Waals surface area contributed by atoms with Crippen molar-refractivity contribution < 1.29 is 9.84 Å². The SMILES string of the molecule is COc1ccccc1-c1ccc(N2CCC[C@]3(CN(C)CC[C@@H]3O)C2)nn1. The first-order valence-electron chi connectivity index (χ1n) is 9.70. The van der Waals surface area contributed by atoms with E-state index in [2.05, 4.69) is 27.0 Å². The third kappa shape index (κ3) is 3.51. The lowest BCUT2D eigenvalue weighted by Gasteiger charge is -2.50. The lowest BCUT2D eigenvalue weighted by molar-refractivity contribution is -0.0466. The summed E-state index contributed by atoms with van der Waals surface area (Å²) in [5.41, 5.74) is 1.69. The van der Waals surface area contributed by atoms with Gasteiger partial charge in [-0.05, 0) is 50.6 Å².